The Hall–Kier alpha value is -1.85. The van der Waals surface area contributed by atoms with Crippen molar-refractivity contribution in [1.29, 1.82) is 0 Å². The van der Waals surface area contributed by atoms with Gasteiger partial charge in [0.05, 0.1) is 11.3 Å². The van der Waals surface area contributed by atoms with Crippen LogP contribution in [0.15, 0.2) is 0 Å². The quantitative estimate of drug-likeness (QED) is 0.830. The highest BCUT2D eigenvalue weighted by Crippen LogP contribution is 2.37. The SMILES string of the molecule is CCC[C@@H]1C[C@@H]1NC(=O)C1(NC(=O)c2c(C)nn(C)c2C)CCCC1. The van der Waals surface area contributed by atoms with Gasteiger partial charge in [-0.3, -0.25) is 14.3 Å². The van der Waals surface area contributed by atoms with E-state index in [4.69, 9.17) is 0 Å². The van der Waals surface area contributed by atoms with Crippen LogP contribution in [0.1, 0.15) is 73.6 Å². The highest BCUT2D eigenvalue weighted by Gasteiger charge is 2.46. The van der Waals surface area contributed by atoms with Gasteiger partial charge in [-0.1, -0.05) is 26.2 Å². The van der Waals surface area contributed by atoms with Crippen molar-refractivity contribution in [2.75, 3.05) is 0 Å². The lowest BCUT2D eigenvalue weighted by Crippen LogP contribution is -2.57. The average Bonchev–Trinajstić information content (AvgIpc) is 2.99. The van der Waals surface area contributed by atoms with E-state index in [9.17, 15) is 9.59 Å². The van der Waals surface area contributed by atoms with Crippen LogP contribution in [0.4, 0.5) is 0 Å². The summed E-state index contributed by atoms with van der Waals surface area (Å²) in [6.07, 6.45) is 6.77. The van der Waals surface area contributed by atoms with Crippen LogP contribution in [-0.2, 0) is 11.8 Å². The molecule has 0 bridgehead atoms. The molecule has 2 aliphatic rings. The molecular weight excluding hydrogens is 316 g/mol. The number of nitrogens with zero attached hydrogens (tertiary/aromatic N) is 2. The molecule has 2 N–H and O–H groups in total. The second-order valence-corrected chi connectivity index (χ2v) is 7.78. The van der Waals surface area contributed by atoms with E-state index >= 15 is 0 Å². The van der Waals surface area contributed by atoms with Crippen LogP contribution in [0.5, 0.6) is 0 Å². The topological polar surface area (TPSA) is 76.0 Å². The molecule has 0 radical (unpaired) electrons. The smallest absolute Gasteiger partial charge is 0.255 e. The first-order valence-electron chi connectivity index (χ1n) is 9.51. The summed E-state index contributed by atoms with van der Waals surface area (Å²) in [7, 11) is 1.83. The summed E-state index contributed by atoms with van der Waals surface area (Å²) in [5, 5.41) is 10.6. The molecule has 0 unspecified atom stereocenters. The molecule has 0 aromatic carbocycles. The monoisotopic (exact) mass is 346 g/mol. The number of aromatic nitrogens is 2. The molecule has 1 aromatic rings. The number of carbonyl (C=O) groups excluding carboxylic acids is 2. The molecule has 138 valence electrons. The highest BCUT2D eigenvalue weighted by atomic mass is 16.2. The standard InChI is InChI=1S/C19H30N4O2/c1-5-8-14-11-15(14)20-18(25)19(9-6-7-10-19)21-17(24)16-12(2)22-23(4)13(16)3/h14-15H,5-11H2,1-4H3,(H,20,25)(H,21,24)/t14-,15+/m1/s1. The Labute approximate surface area is 149 Å². The molecule has 25 heavy (non-hydrogen) atoms. The van der Waals surface area contributed by atoms with Gasteiger partial charge in [0.15, 0.2) is 0 Å². The van der Waals surface area contributed by atoms with Crippen molar-refractivity contribution < 1.29 is 9.59 Å². The van der Waals surface area contributed by atoms with Crippen molar-refractivity contribution in [3.05, 3.63) is 17.0 Å². The Morgan fingerprint density at radius 1 is 1.28 bits per heavy atom. The molecule has 3 rings (SSSR count). The molecule has 6 nitrogen and oxygen atoms in total. The van der Waals surface area contributed by atoms with E-state index in [0.717, 1.165) is 31.4 Å². The minimum absolute atomic E-state index is 0.00106. The lowest BCUT2D eigenvalue weighted by atomic mass is 9.95. The van der Waals surface area contributed by atoms with Crippen LogP contribution in [0.25, 0.3) is 0 Å². The van der Waals surface area contributed by atoms with Gasteiger partial charge in [-0.15, -0.1) is 0 Å². The zero-order chi connectivity index (χ0) is 18.2. The van der Waals surface area contributed by atoms with Gasteiger partial charge in [0.25, 0.3) is 5.91 Å². The van der Waals surface area contributed by atoms with Gasteiger partial charge < -0.3 is 10.6 Å². The fourth-order valence-corrected chi connectivity index (χ4v) is 4.19. The fourth-order valence-electron chi connectivity index (χ4n) is 4.19. The maximum atomic E-state index is 13.0. The van der Waals surface area contributed by atoms with Crippen LogP contribution < -0.4 is 10.6 Å². The number of hydrogen-bond acceptors (Lipinski definition) is 3. The zero-order valence-electron chi connectivity index (χ0n) is 15.8. The summed E-state index contributed by atoms with van der Waals surface area (Å²) < 4.78 is 1.71. The Morgan fingerprint density at radius 2 is 1.96 bits per heavy atom. The minimum atomic E-state index is -0.759. The molecule has 6 heteroatoms. The summed E-state index contributed by atoms with van der Waals surface area (Å²) >= 11 is 0. The van der Waals surface area contributed by atoms with E-state index in [-0.39, 0.29) is 11.8 Å². The van der Waals surface area contributed by atoms with Gasteiger partial charge in [-0.25, -0.2) is 0 Å². The normalized spacial score (nSPS) is 24.2. The predicted octanol–water partition coefficient (Wildman–Crippen LogP) is 2.38. The molecule has 1 heterocycles. The molecule has 0 saturated heterocycles. The van der Waals surface area contributed by atoms with E-state index in [0.29, 0.717) is 36.1 Å². The molecule has 0 aliphatic heterocycles. The van der Waals surface area contributed by atoms with E-state index in [1.54, 1.807) is 4.68 Å². The van der Waals surface area contributed by atoms with E-state index in [1.165, 1.54) is 6.42 Å². The van der Waals surface area contributed by atoms with Gasteiger partial charge in [0, 0.05) is 18.8 Å². The lowest BCUT2D eigenvalue weighted by Gasteiger charge is -2.29. The average molecular weight is 346 g/mol. The van der Waals surface area contributed by atoms with E-state index in [1.807, 2.05) is 20.9 Å². The second kappa shape index (κ2) is 6.81. The summed E-state index contributed by atoms with van der Waals surface area (Å²) in [6.45, 7) is 5.90. The van der Waals surface area contributed by atoms with Gasteiger partial charge in [-0.05, 0) is 45.4 Å². The molecule has 2 amide bonds. The van der Waals surface area contributed by atoms with Crippen molar-refractivity contribution in [3.8, 4) is 0 Å². The number of nitrogens with one attached hydrogen (secondary N) is 2. The first kappa shape index (κ1) is 18.0. The number of carbonyl (C=O) groups is 2. The van der Waals surface area contributed by atoms with Crippen molar-refractivity contribution in [3.63, 3.8) is 0 Å². The molecular formula is C19H30N4O2. The molecule has 2 fully saturated rings. The number of aryl methyl sites for hydroxylation is 2. The van der Waals surface area contributed by atoms with Crippen LogP contribution in [0.3, 0.4) is 0 Å². The Kier molecular flexibility index (Phi) is 4.89. The summed E-state index contributed by atoms with van der Waals surface area (Å²) in [5.74, 6) is 0.438. The third kappa shape index (κ3) is 3.44. The van der Waals surface area contributed by atoms with Gasteiger partial charge in [0.1, 0.15) is 5.54 Å². The maximum absolute atomic E-state index is 13.0. The summed E-state index contributed by atoms with van der Waals surface area (Å²) in [4.78, 5) is 25.9. The van der Waals surface area contributed by atoms with Crippen LogP contribution >= 0.6 is 0 Å². The molecule has 2 saturated carbocycles. The van der Waals surface area contributed by atoms with E-state index in [2.05, 4.69) is 22.7 Å². The van der Waals surface area contributed by atoms with Crippen molar-refractivity contribution in [2.45, 2.75) is 77.3 Å². The molecule has 0 spiro atoms. The number of hydrogen-bond donors (Lipinski definition) is 2. The van der Waals surface area contributed by atoms with Crippen LogP contribution in [0, 0.1) is 19.8 Å². The van der Waals surface area contributed by atoms with Crippen LogP contribution in [0.2, 0.25) is 0 Å². The molecule has 2 aliphatic carbocycles. The second-order valence-electron chi connectivity index (χ2n) is 7.78. The van der Waals surface area contributed by atoms with Gasteiger partial charge in [0.2, 0.25) is 5.91 Å². The molecule has 2 atom stereocenters. The van der Waals surface area contributed by atoms with Crippen molar-refractivity contribution in [2.24, 2.45) is 13.0 Å². The van der Waals surface area contributed by atoms with Crippen LogP contribution in [-0.4, -0.2) is 33.2 Å². The summed E-state index contributed by atoms with van der Waals surface area (Å²) in [5.41, 5.74) is 1.37. The predicted molar refractivity (Wildman–Crippen MR) is 96.3 cm³/mol. The third-order valence-corrected chi connectivity index (χ3v) is 5.88. The first-order chi connectivity index (χ1) is 11.9. The zero-order valence-corrected chi connectivity index (χ0v) is 15.8. The van der Waals surface area contributed by atoms with Crippen molar-refractivity contribution in [1.82, 2.24) is 20.4 Å². The largest absolute Gasteiger partial charge is 0.351 e. The Balaban J connectivity index is 1.72. The lowest BCUT2D eigenvalue weighted by molar-refractivity contribution is -0.127. The Bertz CT molecular complexity index is 673. The van der Waals surface area contributed by atoms with Gasteiger partial charge in [-0.2, -0.15) is 5.10 Å². The number of amides is 2. The maximum Gasteiger partial charge on any atom is 0.255 e. The number of rotatable bonds is 6. The highest BCUT2D eigenvalue weighted by molar-refractivity contribution is 6.01. The van der Waals surface area contributed by atoms with Crippen molar-refractivity contribution >= 4 is 11.8 Å². The third-order valence-electron chi connectivity index (χ3n) is 5.88. The first-order valence-corrected chi connectivity index (χ1v) is 9.51. The van der Waals surface area contributed by atoms with Gasteiger partial charge >= 0.3 is 0 Å². The minimum Gasteiger partial charge on any atom is -0.351 e. The molecule has 1 aromatic heterocycles. The summed E-state index contributed by atoms with van der Waals surface area (Å²) in [6, 6.07) is 0.295. The van der Waals surface area contributed by atoms with E-state index < -0.39 is 5.54 Å². The Morgan fingerprint density at radius 3 is 2.52 bits per heavy atom. The fraction of sp³-hybridized carbons (Fsp3) is 0.737.